The van der Waals surface area contributed by atoms with Gasteiger partial charge in [-0.05, 0) is 37.5 Å². The smallest absolute Gasteiger partial charge is 0.408 e. The topological polar surface area (TPSA) is 89.0 Å². The Balaban J connectivity index is 1.90. The highest BCUT2D eigenvalue weighted by Gasteiger charge is 2.36. The lowest BCUT2D eigenvalue weighted by atomic mass is 9.97. The van der Waals surface area contributed by atoms with Crippen LogP contribution in [0, 0.1) is 0 Å². The van der Waals surface area contributed by atoms with Crippen molar-refractivity contribution in [2.75, 3.05) is 17.7 Å². The molecule has 2 N–H and O–H groups in total. The average Bonchev–Trinajstić information content (AvgIpc) is 2.73. The molecule has 0 radical (unpaired) electrons. The number of ether oxygens (including phenoxy) is 1. The van der Waals surface area contributed by atoms with Crippen molar-refractivity contribution in [3.8, 4) is 5.75 Å². The van der Waals surface area contributed by atoms with Crippen molar-refractivity contribution in [3.63, 3.8) is 0 Å². The zero-order valence-corrected chi connectivity index (χ0v) is 16.9. The Morgan fingerprint density at radius 2 is 1.77 bits per heavy atom. The fourth-order valence-corrected chi connectivity index (χ4v) is 2.88. The number of Topliss-reactive ketones (excluding diaryl/α,β-unsaturated/α-hetero) is 1. The summed E-state index contributed by atoms with van der Waals surface area (Å²) in [5, 5.41) is 5.07. The summed E-state index contributed by atoms with van der Waals surface area (Å²) in [6.45, 7) is 1.17. The van der Waals surface area contributed by atoms with E-state index in [0.717, 1.165) is 12.5 Å². The molecule has 1 aliphatic carbocycles. The molecule has 0 saturated heterocycles. The molecule has 2 aromatic rings. The lowest BCUT2D eigenvalue weighted by Crippen LogP contribution is -2.34. The van der Waals surface area contributed by atoms with E-state index in [1.54, 1.807) is 31.4 Å². The second-order valence-electron chi connectivity index (χ2n) is 6.98. The number of carbonyl (C=O) groups excluding carboxylic acids is 1. The maximum atomic E-state index is 14.4. The van der Waals surface area contributed by atoms with Gasteiger partial charge in [0.1, 0.15) is 11.8 Å². The molecule has 0 amide bonds. The van der Waals surface area contributed by atoms with Gasteiger partial charge in [0.05, 0.1) is 7.11 Å². The summed E-state index contributed by atoms with van der Waals surface area (Å²) in [6, 6.07) is 5.15. The molecule has 3 rings (SSSR count). The molecular formula is C20H21F4N5O2. The molecule has 0 spiro atoms. The van der Waals surface area contributed by atoms with E-state index in [1.807, 2.05) is 0 Å². The van der Waals surface area contributed by atoms with Crippen molar-refractivity contribution in [2.24, 2.45) is 0 Å². The average molecular weight is 439 g/mol. The normalized spacial score (nSPS) is 15.6. The number of ketones is 1. The Morgan fingerprint density at radius 3 is 2.42 bits per heavy atom. The Labute approximate surface area is 176 Å². The van der Waals surface area contributed by atoms with Crippen molar-refractivity contribution >= 4 is 23.3 Å². The van der Waals surface area contributed by atoms with Gasteiger partial charge in [0.25, 0.3) is 0 Å². The minimum Gasteiger partial charge on any atom is -0.497 e. The van der Waals surface area contributed by atoms with Gasteiger partial charge in [-0.3, -0.25) is 4.79 Å². The van der Waals surface area contributed by atoms with E-state index >= 15 is 0 Å². The van der Waals surface area contributed by atoms with Gasteiger partial charge in [0.15, 0.2) is 17.4 Å². The molecule has 0 bridgehead atoms. The van der Waals surface area contributed by atoms with Gasteiger partial charge in [-0.15, -0.1) is 0 Å². The van der Waals surface area contributed by atoms with Crippen molar-refractivity contribution < 1.29 is 27.1 Å². The van der Waals surface area contributed by atoms with E-state index in [9.17, 15) is 22.4 Å². The van der Waals surface area contributed by atoms with E-state index in [-0.39, 0.29) is 42.7 Å². The lowest BCUT2D eigenvalue weighted by Gasteiger charge is -2.19. The van der Waals surface area contributed by atoms with E-state index in [1.165, 1.54) is 0 Å². The fourth-order valence-electron chi connectivity index (χ4n) is 2.88. The largest absolute Gasteiger partial charge is 0.497 e. The molecule has 1 aromatic heterocycles. The van der Waals surface area contributed by atoms with Crippen molar-refractivity contribution in [3.05, 3.63) is 41.5 Å². The fraction of sp³-hybridized carbons (Fsp3) is 0.400. The van der Waals surface area contributed by atoms with Crippen LogP contribution in [0.5, 0.6) is 5.75 Å². The zero-order chi connectivity index (χ0) is 22.6. The molecule has 1 atom stereocenters. The molecule has 0 aliphatic heterocycles. The minimum atomic E-state index is -4.53. The first-order valence-corrected chi connectivity index (χ1v) is 9.55. The number of carbonyl (C=O) groups is 1. The first-order valence-electron chi connectivity index (χ1n) is 9.55. The highest BCUT2D eigenvalue weighted by molar-refractivity contribution is 6.01. The van der Waals surface area contributed by atoms with Gasteiger partial charge in [-0.25, -0.2) is 4.39 Å². The minimum absolute atomic E-state index is 0.0335. The Bertz CT molecular complexity index is 977. The van der Waals surface area contributed by atoms with Crippen LogP contribution in [0.25, 0.3) is 5.57 Å². The maximum Gasteiger partial charge on any atom is 0.408 e. The molecule has 1 heterocycles. The van der Waals surface area contributed by atoms with Crippen LogP contribution in [0.2, 0.25) is 0 Å². The summed E-state index contributed by atoms with van der Waals surface area (Å²) in [7, 11) is 1.54. The van der Waals surface area contributed by atoms with E-state index < -0.39 is 23.8 Å². The summed E-state index contributed by atoms with van der Waals surface area (Å²) < 4.78 is 58.3. The van der Waals surface area contributed by atoms with Crippen LogP contribution in [0.1, 0.15) is 37.6 Å². The number of alkyl halides is 3. The van der Waals surface area contributed by atoms with E-state index in [0.29, 0.717) is 12.2 Å². The third kappa shape index (κ3) is 5.68. The number of halogens is 4. The van der Waals surface area contributed by atoms with Gasteiger partial charge in [0, 0.05) is 18.5 Å². The number of hydrogen-bond donors (Lipinski definition) is 2. The van der Waals surface area contributed by atoms with Gasteiger partial charge in [-0.1, -0.05) is 12.1 Å². The quantitative estimate of drug-likeness (QED) is 0.622. The molecule has 1 aromatic carbocycles. The molecule has 11 heteroatoms. The number of nitrogens with zero attached hydrogens (tertiary/aromatic N) is 3. The summed E-state index contributed by atoms with van der Waals surface area (Å²) in [4.78, 5) is 23.8. The molecular weight excluding hydrogens is 418 g/mol. The molecule has 166 valence electrons. The van der Waals surface area contributed by atoms with Crippen LogP contribution in [0.15, 0.2) is 30.1 Å². The molecule has 0 saturated carbocycles. The lowest BCUT2D eigenvalue weighted by molar-refractivity contribution is -0.138. The Hall–Kier alpha value is -3.24. The summed E-state index contributed by atoms with van der Waals surface area (Å²) in [5.74, 6) is -1.56. The van der Waals surface area contributed by atoms with E-state index in [4.69, 9.17) is 4.74 Å². The number of anilines is 2. The highest BCUT2D eigenvalue weighted by Crippen LogP contribution is 2.30. The van der Waals surface area contributed by atoms with E-state index in [2.05, 4.69) is 25.6 Å². The number of allylic oxidation sites excluding steroid dienone is 2. The summed E-state index contributed by atoms with van der Waals surface area (Å²) in [6.07, 6.45) is -3.86. The molecule has 31 heavy (non-hydrogen) atoms. The standard InChI is InChI=1S/C20H21F4N5O2/c1-11(20(22,23)24)26-19-28-17(14-4-3-5-15(30)16(14)21)27-18(29-19)25-10-12-6-8-13(31-2)9-7-12/h6-9,11H,3-5,10H2,1-2H3,(H2,25,26,27,28,29). The van der Waals surface area contributed by atoms with Gasteiger partial charge in [-0.2, -0.15) is 28.1 Å². The SMILES string of the molecule is COc1ccc(CNc2nc(NC(C)C(F)(F)F)nc(C3=C(F)C(=O)CCC3)n2)cc1. The van der Waals surface area contributed by atoms with Crippen LogP contribution in [-0.2, 0) is 11.3 Å². The van der Waals surface area contributed by atoms with Crippen molar-refractivity contribution in [1.29, 1.82) is 0 Å². The number of rotatable bonds is 7. The van der Waals surface area contributed by atoms with Crippen LogP contribution in [0.4, 0.5) is 29.5 Å². The number of benzene rings is 1. The van der Waals surface area contributed by atoms with Gasteiger partial charge in [0.2, 0.25) is 11.9 Å². The Kier molecular flexibility index (Phi) is 6.71. The predicted octanol–water partition coefficient (Wildman–Crippen LogP) is 4.29. The first kappa shape index (κ1) is 22.4. The van der Waals surface area contributed by atoms with Gasteiger partial charge >= 0.3 is 6.18 Å². The maximum absolute atomic E-state index is 14.4. The summed E-state index contributed by atoms with van der Waals surface area (Å²) in [5.41, 5.74) is 0.799. The van der Waals surface area contributed by atoms with Crippen molar-refractivity contribution in [1.82, 2.24) is 15.0 Å². The molecule has 1 aliphatic rings. The molecule has 1 unspecified atom stereocenters. The van der Waals surface area contributed by atoms with Crippen LogP contribution >= 0.6 is 0 Å². The second kappa shape index (κ2) is 9.27. The van der Waals surface area contributed by atoms with Crippen LogP contribution in [-0.4, -0.2) is 40.1 Å². The van der Waals surface area contributed by atoms with Gasteiger partial charge < -0.3 is 15.4 Å². The van der Waals surface area contributed by atoms with Crippen LogP contribution < -0.4 is 15.4 Å². The summed E-state index contributed by atoms with van der Waals surface area (Å²) >= 11 is 0. The monoisotopic (exact) mass is 439 g/mol. The number of nitrogens with one attached hydrogen (secondary N) is 2. The Morgan fingerprint density at radius 1 is 1.10 bits per heavy atom. The van der Waals surface area contributed by atoms with Crippen molar-refractivity contribution in [2.45, 2.75) is 44.9 Å². The number of methoxy groups -OCH3 is 1. The van der Waals surface area contributed by atoms with Crippen LogP contribution in [0.3, 0.4) is 0 Å². The number of aromatic nitrogens is 3. The number of hydrogen-bond acceptors (Lipinski definition) is 7. The predicted molar refractivity (Wildman–Crippen MR) is 106 cm³/mol. The second-order valence-corrected chi connectivity index (χ2v) is 6.98. The molecule has 7 nitrogen and oxygen atoms in total. The first-order chi connectivity index (χ1) is 14.7. The third-order valence-corrected chi connectivity index (χ3v) is 4.69. The highest BCUT2D eigenvalue weighted by atomic mass is 19.4. The molecule has 0 fully saturated rings. The zero-order valence-electron chi connectivity index (χ0n) is 16.9. The third-order valence-electron chi connectivity index (χ3n) is 4.69.